The highest BCUT2D eigenvalue weighted by Gasteiger charge is 2.39. The zero-order valence-electron chi connectivity index (χ0n) is 37.0. The highest BCUT2D eigenvalue weighted by molar-refractivity contribution is 5.88. The van der Waals surface area contributed by atoms with E-state index in [0.29, 0.717) is 24.9 Å². The Morgan fingerprint density at radius 3 is 2.13 bits per heavy atom. The standard InChI is InChI=1S/C48H62N8O6/c1-27(2)41(53-47(59)61-5)45(57)55-21-7-9-39(55)43-49-26-38(52-43)35-24-30-12-16-31-15-11-29(13-17-32(35)18-14-30)23-34(31)33-19-20-36-37(25-33)51-44(50-36)40-10-8-22-56(40)46(58)42(28(3)4)54-48(60)62-6/h11,14-15,19-20,24-29,32,39-42H,7-10,12-13,16-18,21-23H2,1-6H3,(H,49,52)(H,50,51)(H,53,59)(H,54,60)/t29-,32-,39-,40-,41-,42-/m0/s1. The van der Waals surface area contributed by atoms with Crippen LogP contribution < -0.4 is 10.6 Å². The minimum Gasteiger partial charge on any atom is -0.453 e. The van der Waals surface area contributed by atoms with E-state index < -0.39 is 24.3 Å². The predicted molar refractivity (Wildman–Crippen MR) is 237 cm³/mol. The van der Waals surface area contributed by atoms with Crippen molar-refractivity contribution in [3.05, 3.63) is 82.8 Å². The van der Waals surface area contributed by atoms with Crippen molar-refractivity contribution in [2.75, 3.05) is 27.3 Å². The summed E-state index contributed by atoms with van der Waals surface area (Å²) < 4.78 is 9.64. The van der Waals surface area contributed by atoms with Crippen LogP contribution in [-0.4, -0.2) is 93.1 Å². The molecule has 6 aliphatic carbocycles. The van der Waals surface area contributed by atoms with Crippen molar-refractivity contribution in [2.45, 2.75) is 116 Å². The van der Waals surface area contributed by atoms with Gasteiger partial charge in [0.15, 0.2) is 0 Å². The van der Waals surface area contributed by atoms with E-state index in [2.05, 4.69) is 63.1 Å². The Balaban J connectivity index is 0.997. The first-order chi connectivity index (χ1) is 29.9. The average Bonchev–Trinajstić information content (AvgIpc) is 4.11. The van der Waals surface area contributed by atoms with Gasteiger partial charge in [-0.3, -0.25) is 9.59 Å². The molecule has 3 aromatic rings. The number of ether oxygens (including phenoxy) is 2. The third kappa shape index (κ3) is 8.83. The molecule has 0 unspecified atom stereocenters. The molecule has 1 aromatic carbocycles. The first-order valence-electron chi connectivity index (χ1n) is 22.6. The molecule has 4 N–H and O–H groups in total. The second-order valence-corrected chi connectivity index (χ2v) is 18.3. The summed E-state index contributed by atoms with van der Waals surface area (Å²) in [6.07, 6.45) is 19.6. The average molecular weight is 847 g/mol. The molecule has 2 aliphatic heterocycles. The lowest BCUT2D eigenvalue weighted by Gasteiger charge is -2.30. The summed E-state index contributed by atoms with van der Waals surface area (Å²) in [5, 5.41) is 5.49. The van der Waals surface area contributed by atoms with Crippen LogP contribution in [0.3, 0.4) is 0 Å². The molecule has 14 nitrogen and oxygen atoms in total. The Bertz CT molecular complexity index is 2320. The second kappa shape index (κ2) is 18.4. The van der Waals surface area contributed by atoms with Gasteiger partial charge in [0.1, 0.15) is 23.7 Å². The number of alkyl carbamates (subject to hydrolysis) is 2. The number of methoxy groups -OCH3 is 2. The molecule has 0 saturated carbocycles. The number of hydrogen-bond acceptors (Lipinski definition) is 8. The van der Waals surface area contributed by atoms with E-state index in [1.54, 1.807) is 0 Å². The number of H-pyrrole nitrogens is 2. The molecule has 14 heteroatoms. The van der Waals surface area contributed by atoms with Crippen LogP contribution in [0.15, 0.2) is 59.8 Å². The van der Waals surface area contributed by atoms with Crippen molar-refractivity contribution in [1.29, 1.82) is 0 Å². The van der Waals surface area contributed by atoms with Crippen molar-refractivity contribution >= 4 is 46.2 Å². The summed E-state index contributed by atoms with van der Waals surface area (Å²) >= 11 is 0. The Morgan fingerprint density at radius 2 is 1.48 bits per heavy atom. The van der Waals surface area contributed by atoms with Gasteiger partial charge in [0.05, 0.1) is 49.2 Å². The van der Waals surface area contributed by atoms with Crippen molar-refractivity contribution in [1.82, 2.24) is 40.4 Å². The number of aromatic amines is 2. The first-order valence-corrected chi connectivity index (χ1v) is 22.6. The number of carbonyl (C=O) groups is 4. The summed E-state index contributed by atoms with van der Waals surface area (Å²) in [5.74, 6) is 1.90. The Kier molecular flexibility index (Phi) is 12.7. The van der Waals surface area contributed by atoms with E-state index in [9.17, 15) is 19.2 Å². The molecule has 4 bridgehead atoms. The molecule has 2 aromatic heterocycles. The van der Waals surface area contributed by atoms with E-state index in [0.717, 1.165) is 92.6 Å². The minimum atomic E-state index is -0.683. The van der Waals surface area contributed by atoms with Crippen molar-refractivity contribution in [2.24, 2.45) is 23.7 Å². The number of rotatable bonds is 10. The van der Waals surface area contributed by atoms with Gasteiger partial charge in [-0.05, 0) is 122 Å². The monoisotopic (exact) mass is 846 g/mol. The number of hydrogen-bond donors (Lipinski definition) is 4. The largest absolute Gasteiger partial charge is 0.453 e. The fourth-order valence-corrected chi connectivity index (χ4v) is 10.2. The molecule has 0 radical (unpaired) electrons. The summed E-state index contributed by atoms with van der Waals surface area (Å²) in [6, 6.07) is 4.80. The lowest BCUT2D eigenvalue weighted by atomic mass is 9.76. The highest BCUT2D eigenvalue weighted by atomic mass is 16.5. The first kappa shape index (κ1) is 43.0. The fourth-order valence-electron chi connectivity index (χ4n) is 10.2. The summed E-state index contributed by atoms with van der Waals surface area (Å²) in [6.45, 7) is 8.93. The molecule has 0 spiro atoms. The van der Waals surface area contributed by atoms with Crippen LogP contribution in [0.2, 0.25) is 0 Å². The van der Waals surface area contributed by atoms with E-state index in [1.165, 1.54) is 42.1 Å². The molecule has 4 heterocycles. The highest BCUT2D eigenvalue weighted by Crippen LogP contribution is 2.43. The maximum atomic E-state index is 13.8. The number of aromatic nitrogens is 4. The molecule has 62 heavy (non-hydrogen) atoms. The zero-order chi connectivity index (χ0) is 43.7. The summed E-state index contributed by atoms with van der Waals surface area (Å²) in [5.41, 5.74) is 9.43. The quantitative estimate of drug-likeness (QED) is 0.158. The molecule has 8 aliphatic rings. The SMILES string of the molecule is COC(=O)N[C@H](C(=O)N1CCC[C@H]1c1ncc(C2=CC3=CC[C@@H]2CC[C@@H]2C=CC(=C(c4ccc5nc([C@@H]6CCCN6C(=O)[C@@H](NC(=O)OC)C(C)C)[nH]c5c4)C2)CC3)[nH]1)C(C)C. The fraction of sp³-hybridized carbons (Fsp3) is 0.542. The van der Waals surface area contributed by atoms with E-state index in [-0.39, 0.29) is 35.7 Å². The smallest absolute Gasteiger partial charge is 0.407 e. The lowest BCUT2D eigenvalue weighted by Crippen LogP contribution is -2.51. The molecule has 6 atom stereocenters. The number of imidazole rings is 2. The van der Waals surface area contributed by atoms with Crippen LogP contribution >= 0.6 is 0 Å². The third-order valence-electron chi connectivity index (χ3n) is 13.7. The molecule has 2 saturated heterocycles. The Labute approximate surface area is 364 Å². The van der Waals surface area contributed by atoms with Gasteiger partial charge in [0.2, 0.25) is 11.8 Å². The number of likely N-dealkylation sites (tertiary alicyclic amines) is 2. The minimum absolute atomic E-state index is 0.0953. The molecule has 11 rings (SSSR count). The predicted octanol–water partition coefficient (Wildman–Crippen LogP) is 8.31. The number of nitrogens with one attached hydrogen (secondary N) is 4. The lowest BCUT2D eigenvalue weighted by molar-refractivity contribution is -0.136. The van der Waals surface area contributed by atoms with E-state index in [4.69, 9.17) is 19.4 Å². The molecular weight excluding hydrogens is 785 g/mol. The number of amides is 4. The number of nitrogens with zero attached hydrogens (tertiary/aromatic N) is 4. The van der Waals surface area contributed by atoms with Gasteiger partial charge < -0.3 is 39.9 Å². The van der Waals surface area contributed by atoms with Crippen LogP contribution in [0.4, 0.5) is 9.59 Å². The summed E-state index contributed by atoms with van der Waals surface area (Å²) in [4.78, 5) is 72.6. The Hall–Kier alpha value is -5.66. The Morgan fingerprint density at radius 1 is 0.823 bits per heavy atom. The summed E-state index contributed by atoms with van der Waals surface area (Å²) in [7, 11) is 2.62. The third-order valence-corrected chi connectivity index (χ3v) is 13.7. The zero-order valence-corrected chi connectivity index (χ0v) is 37.0. The van der Waals surface area contributed by atoms with Crippen molar-refractivity contribution in [3.63, 3.8) is 0 Å². The second-order valence-electron chi connectivity index (χ2n) is 18.3. The van der Waals surface area contributed by atoms with Gasteiger partial charge in [-0.25, -0.2) is 19.6 Å². The maximum Gasteiger partial charge on any atom is 0.407 e. The van der Waals surface area contributed by atoms with Crippen LogP contribution in [0.5, 0.6) is 0 Å². The topological polar surface area (TPSA) is 175 Å². The van der Waals surface area contributed by atoms with Crippen molar-refractivity contribution < 1.29 is 28.7 Å². The van der Waals surface area contributed by atoms with Gasteiger partial charge >= 0.3 is 12.2 Å². The van der Waals surface area contributed by atoms with E-state index in [1.807, 2.05) is 43.7 Å². The maximum absolute atomic E-state index is 13.8. The van der Waals surface area contributed by atoms with Gasteiger partial charge in [0, 0.05) is 13.1 Å². The number of benzene rings is 1. The van der Waals surface area contributed by atoms with Crippen molar-refractivity contribution in [3.8, 4) is 0 Å². The van der Waals surface area contributed by atoms with Gasteiger partial charge in [-0.15, -0.1) is 0 Å². The molecule has 330 valence electrons. The normalized spacial score (nSPS) is 23.6. The van der Waals surface area contributed by atoms with Gasteiger partial charge in [-0.2, -0.15) is 0 Å². The van der Waals surface area contributed by atoms with Gasteiger partial charge in [-0.1, -0.05) is 63.6 Å². The van der Waals surface area contributed by atoms with Crippen LogP contribution in [-0.2, 0) is 19.1 Å². The van der Waals surface area contributed by atoms with Crippen LogP contribution in [0.25, 0.3) is 22.2 Å². The van der Waals surface area contributed by atoms with Crippen LogP contribution in [0.1, 0.15) is 127 Å². The molecule has 4 amide bonds. The van der Waals surface area contributed by atoms with Gasteiger partial charge in [0.25, 0.3) is 0 Å². The van der Waals surface area contributed by atoms with E-state index >= 15 is 0 Å². The number of carbonyl (C=O) groups excluding carboxylic acids is 4. The number of allylic oxidation sites excluding steroid dienone is 8. The van der Waals surface area contributed by atoms with Crippen LogP contribution in [0, 0.1) is 23.7 Å². The molecule has 2 fully saturated rings. The molecular formula is C48H62N8O6. The number of fused-ring (bicyclic) bond motifs is 1.